The highest BCUT2D eigenvalue weighted by Crippen LogP contribution is 2.21. The van der Waals surface area contributed by atoms with Crippen molar-refractivity contribution in [3.05, 3.63) is 70.8 Å². The lowest BCUT2D eigenvalue weighted by Gasteiger charge is -2.35. The van der Waals surface area contributed by atoms with Crippen molar-refractivity contribution in [2.24, 2.45) is 17.4 Å². The van der Waals surface area contributed by atoms with Crippen molar-refractivity contribution in [1.82, 2.24) is 9.80 Å². The van der Waals surface area contributed by atoms with Gasteiger partial charge >= 0.3 is 6.03 Å². The number of piperidine rings is 1. The lowest BCUT2D eigenvalue weighted by atomic mass is 9.97. The predicted molar refractivity (Wildman–Crippen MR) is 119 cm³/mol. The van der Waals surface area contributed by atoms with Gasteiger partial charge in [0.1, 0.15) is 0 Å². The highest BCUT2D eigenvalue weighted by atomic mass is 16.2. The molecule has 2 aromatic carbocycles. The Morgan fingerprint density at radius 2 is 1.61 bits per heavy atom. The number of urea groups is 1. The van der Waals surface area contributed by atoms with E-state index in [1.165, 1.54) is 0 Å². The van der Waals surface area contributed by atoms with Gasteiger partial charge in [-0.15, -0.1) is 0 Å². The number of ketones is 1. The second kappa shape index (κ2) is 10.2. The first-order valence-corrected chi connectivity index (χ1v) is 10.6. The summed E-state index contributed by atoms with van der Waals surface area (Å²) in [5.41, 5.74) is 14.1. The minimum atomic E-state index is -0.452. The summed E-state index contributed by atoms with van der Waals surface area (Å²) < 4.78 is 0. The van der Waals surface area contributed by atoms with Gasteiger partial charge in [-0.3, -0.25) is 14.5 Å². The van der Waals surface area contributed by atoms with Gasteiger partial charge in [-0.1, -0.05) is 30.3 Å². The number of nitrogens with two attached hydrogens (primary N) is 2. The van der Waals surface area contributed by atoms with E-state index >= 15 is 0 Å². The lowest BCUT2D eigenvalue weighted by Crippen LogP contribution is -2.45. The third-order valence-corrected chi connectivity index (χ3v) is 5.70. The van der Waals surface area contributed by atoms with Gasteiger partial charge in [-0.2, -0.15) is 0 Å². The number of rotatable bonds is 8. The van der Waals surface area contributed by atoms with E-state index in [9.17, 15) is 14.4 Å². The molecule has 4 N–H and O–H groups in total. The van der Waals surface area contributed by atoms with Crippen LogP contribution in [0.15, 0.2) is 48.5 Å². The van der Waals surface area contributed by atoms with Gasteiger partial charge < -0.3 is 16.4 Å². The summed E-state index contributed by atoms with van der Waals surface area (Å²) in [5.74, 6) is -0.115. The maximum Gasteiger partial charge on any atom is 0.314 e. The molecule has 7 nitrogen and oxygen atoms in total. The van der Waals surface area contributed by atoms with E-state index in [0.717, 1.165) is 30.5 Å². The molecule has 3 rings (SSSR count). The number of primary amides is 2. The zero-order valence-corrected chi connectivity index (χ0v) is 17.9. The molecule has 1 saturated heterocycles. The van der Waals surface area contributed by atoms with Crippen molar-refractivity contribution in [1.29, 1.82) is 0 Å². The predicted octanol–water partition coefficient (Wildman–Crippen LogP) is 2.78. The third-order valence-electron chi connectivity index (χ3n) is 5.70. The molecule has 0 bridgehead atoms. The number of likely N-dealkylation sites (tertiary alicyclic amines) is 1. The second-order valence-corrected chi connectivity index (χ2v) is 8.28. The minimum Gasteiger partial charge on any atom is -0.366 e. The fourth-order valence-corrected chi connectivity index (χ4v) is 4.19. The van der Waals surface area contributed by atoms with Crippen LogP contribution in [0.2, 0.25) is 0 Å². The SMILES string of the molecule is CC(=O)c1cccc(CN(Cc2cccc(C(N)=O)c2)C[C@@H]2CCCN(C(N)=O)C2)c1. The van der Waals surface area contributed by atoms with Crippen LogP contribution >= 0.6 is 0 Å². The van der Waals surface area contributed by atoms with Crippen LogP contribution in [-0.4, -0.2) is 47.2 Å². The molecule has 164 valence electrons. The van der Waals surface area contributed by atoms with E-state index in [1.807, 2.05) is 42.5 Å². The molecule has 0 unspecified atom stereocenters. The molecule has 0 saturated carbocycles. The molecule has 7 heteroatoms. The van der Waals surface area contributed by atoms with E-state index in [0.29, 0.717) is 43.2 Å². The van der Waals surface area contributed by atoms with Gasteiger partial charge in [-0.05, 0) is 55.0 Å². The number of hydrogen-bond acceptors (Lipinski definition) is 4. The van der Waals surface area contributed by atoms with Crippen LogP contribution in [0, 0.1) is 5.92 Å². The molecule has 0 radical (unpaired) electrons. The molecule has 2 aromatic rings. The Kier molecular flexibility index (Phi) is 7.41. The van der Waals surface area contributed by atoms with Crippen molar-refractivity contribution < 1.29 is 14.4 Å². The van der Waals surface area contributed by atoms with Crippen LogP contribution in [0.25, 0.3) is 0 Å². The van der Waals surface area contributed by atoms with Gasteiger partial charge in [0.25, 0.3) is 0 Å². The third kappa shape index (κ3) is 6.39. The van der Waals surface area contributed by atoms with E-state index in [4.69, 9.17) is 11.5 Å². The Morgan fingerprint density at radius 1 is 1.00 bits per heavy atom. The molecule has 1 heterocycles. The Morgan fingerprint density at radius 3 is 2.19 bits per heavy atom. The van der Waals surface area contributed by atoms with Crippen molar-refractivity contribution in [3.63, 3.8) is 0 Å². The molecule has 3 amide bonds. The monoisotopic (exact) mass is 422 g/mol. The highest BCUT2D eigenvalue weighted by Gasteiger charge is 2.24. The average Bonchev–Trinajstić information content (AvgIpc) is 2.74. The van der Waals surface area contributed by atoms with Crippen LogP contribution in [0.3, 0.4) is 0 Å². The smallest absolute Gasteiger partial charge is 0.314 e. The van der Waals surface area contributed by atoms with Crippen LogP contribution in [0.5, 0.6) is 0 Å². The lowest BCUT2D eigenvalue weighted by molar-refractivity contribution is 0.0996. The quantitative estimate of drug-likeness (QED) is 0.637. The summed E-state index contributed by atoms with van der Waals surface area (Å²) in [7, 11) is 0. The second-order valence-electron chi connectivity index (χ2n) is 8.28. The number of hydrogen-bond donors (Lipinski definition) is 2. The number of nitrogens with zero attached hydrogens (tertiary/aromatic N) is 2. The summed E-state index contributed by atoms with van der Waals surface area (Å²) in [6, 6.07) is 14.6. The maximum atomic E-state index is 11.8. The fraction of sp³-hybridized carbons (Fsp3) is 0.375. The summed E-state index contributed by atoms with van der Waals surface area (Å²) in [4.78, 5) is 39.0. The number of carbonyl (C=O) groups excluding carboxylic acids is 3. The van der Waals surface area contributed by atoms with Crippen LogP contribution in [0.4, 0.5) is 4.79 Å². The molecule has 1 fully saturated rings. The fourth-order valence-electron chi connectivity index (χ4n) is 4.19. The van der Waals surface area contributed by atoms with Crippen LogP contribution in [-0.2, 0) is 13.1 Å². The number of amides is 3. The van der Waals surface area contributed by atoms with Gasteiger partial charge in [0.2, 0.25) is 5.91 Å². The first kappa shape index (κ1) is 22.5. The Balaban J connectivity index is 1.80. The van der Waals surface area contributed by atoms with Gasteiger partial charge in [-0.25, -0.2) is 4.79 Å². The number of carbonyl (C=O) groups is 3. The first-order valence-electron chi connectivity index (χ1n) is 10.6. The summed E-state index contributed by atoms with van der Waals surface area (Å²) in [5, 5.41) is 0. The van der Waals surface area contributed by atoms with Crippen LogP contribution in [0.1, 0.15) is 51.6 Å². The first-order chi connectivity index (χ1) is 14.8. The normalized spacial score (nSPS) is 16.3. The van der Waals surface area contributed by atoms with Crippen molar-refractivity contribution in [2.75, 3.05) is 19.6 Å². The largest absolute Gasteiger partial charge is 0.366 e. The summed E-state index contributed by atoms with van der Waals surface area (Å²) in [6.45, 7) is 4.95. The maximum absolute atomic E-state index is 11.8. The molecule has 0 aromatic heterocycles. The Bertz CT molecular complexity index is 900. The topological polar surface area (TPSA) is 110 Å². The van der Waals surface area contributed by atoms with Crippen molar-refractivity contribution in [3.8, 4) is 0 Å². The van der Waals surface area contributed by atoms with Crippen molar-refractivity contribution >= 4 is 17.7 Å². The zero-order chi connectivity index (χ0) is 22.4. The highest BCUT2D eigenvalue weighted by molar-refractivity contribution is 5.94. The summed E-state index contributed by atoms with van der Waals surface area (Å²) >= 11 is 0. The molecule has 0 aliphatic carbocycles. The Labute approximate surface area is 183 Å². The molecule has 0 spiro atoms. The Hall–Kier alpha value is -3.19. The van der Waals surface area contributed by atoms with E-state index in [1.54, 1.807) is 17.9 Å². The van der Waals surface area contributed by atoms with E-state index in [2.05, 4.69) is 4.90 Å². The molecule has 1 atom stereocenters. The molecule has 1 aliphatic heterocycles. The van der Waals surface area contributed by atoms with Crippen LogP contribution < -0.4 is 11.5 Å². The zero-order valence-electron chi connectivity index (χ0n) is 17.9. The average molecular weight is 423 g/mol. The van der Waals surface area contributed by atoms with E-state index in [-0.39, 0.29) is 11.8 Å². The van der Waals surface area contributed by atoms with Crippen molar-refractivity contribution in [2.45, 2.75) is 32.9 Å². The molecular weight excluding hydrogens is 392 g/mol. The number of benzene rings is 2. The molecule has 1 aliphatic rings. The molecule has 31 heavy (non-hydrogen) atoms. The minimum absolute atomic E-state index is 0.0342. The molecular formula is C24H30N4O3. The van der Waals surface area contributed by atoms with Gasteiger partial charge in [0.15, 0.2) is 5.78 Å². The van der Waals surface area contributed by atoms with Gasteiger partial charge in [0.05, 0.1) is 0 Å². The van der Waals surface area contributed by atoms with E-state index < -0.39 is 5.91 Å². The summed E-state index contributed by atoms with van der Waals surface area (Å²) in [6.07, 6.45) is 1.95. The number of Topliss-reactive ketones (excluding diaryl/α,β-unsaturated/α-hetero) is 1. The standard InChI is InChI=1S/C24H30N4O3/c1-17(29)21-8-2-5-18(11-21)13-27(14-19-6-3-9-22(12-19)23(25)30)15-20-7-4-10-28(16-20)24(26)31/h2-3,5-6,8-9,11-12,20H,4,7,10,13-16H2,1H3,(H2,25,30)(H2,26,31)/t20-/m0/s1. The van der Waals surface area contributed by atoms with Gasteiger partial charge in [0, 0.05) is 43.9 Å².